The molecule has 1 rings (SSSR count). The predicted octanol–water partition coefficient (Wildman–Crippen LogP) is 1.70. The van der Waals surface area contributed by atoms with Gasteiger partial charge in [0, 0.05) is 24.3 Å². The van der Waals surface area contributed by atoms with Crippen molar-refractivity contribution in [2.75, 3.05) is 25.6 Å². The Morgan fingerprint density at radius 3 is 2.56 bits per heavy atom. The van der Waals surface area contributed by atoms with Crippen molar-refractivity contribution in [3.63, 3.8) is 0 Å². The molecule has 0 N–H and O–H groups in total. The van der Waals surface area contributed by atoms with Gasteiger partial charge in [0.05, 0.1) is 11.3 Å². The fourth-order valence-electron chi connectivity index (χ4n) is 1.27. The first-order valence-electron chi connectivity index (χ1n) is 5.09. The van der Waals surface area contributed by atoms with Crippen molar-refractivity contribution < 1.29 is 17.6 Å². The van der Waals surface area contributed by atoms with Gasteiger partial charge in [-0.1, -0.05) is 0 Å². The summed E-state index contributed by atoms with van der Waals surface area (Å²) in [4.78, 5) is 13.3. The lowest BCUT2D eigenvalue weighted by Crippen LogP contribution is -2.31. The van der Waals surface area contributed by atoms with Crippen molar-refractivity contribution in [2.24, 2.45) is 0 Å². The van der Waals surface area contributed by atoms with Gasteiger partial charge in [-0.15, -0.1) is 0 Å². The van der Waals surface area contributed by atoms with E-state index in [1.165, 1.54) is 30.1 Å². The summed E-state index contributed by atoms with van der Waals surface area (Å²) in [5.41, 5.74) is 0.299. The Balaban J connectivity index is 2.80. The molecule has 0 aliphatic rings. The monoisotopic (exact) mass is 337 g/mol. The first kappa shape index (κ1) is 15.1. The highest BCUT2D eigenvalue weighted by molar-refractivity contribution is 9.10. The molecule has 0 unspecified atom stereocenters. The zero-order chi connectivity index (χ0) is 13.9. The van der Waals surface area contributed by atoms with Gasteiger partial charge in [0.25, 0.3) is 5.91 Å². The second-order valence-electron chi connectivity index (χ2n) is 3.98. The molecule has 100 valence electrons. The molecule has 7 heteroatoms. The van der Waals surface area contributed by atoms with Crippen LogP contribution in [0.5, 0.6) is 0 Å². The summed E-state index contributed by atoms with van der Waals surface area (Å²) in [6.07, 6.45) is 1.11. The average Bonchev–Trinajstić information content (AvgIpc) is 2.24. The summed E-state index contributed by atoms with van der Waals surface area (Å²) < 4.78 is 35.2. The van der Waals surface area contributed by atoms with Crippen LogP contribution in [0.15, 0.2) is 22.7 Å². The summed E-state index contributed by atoms with van der Waals surface area (Å²) in [5.74, 6) is -0.906. The van der Waals surface area contributed by atoms with Crippen molar-refractivity contribution in [3.05, 3.63) is 34.1 Å². The SMILES string of the molecule is CN(CCS(C)(=O)=O)C(=O)c1ccc(F)cc1Br. The summed E-state index contributed by atoms with van der Waals surface area (Å²) in [7, 11) is -1.61. The van der Waals surface area contributed by atoms with Crippen molar-refractivity contribution in [2.45, 2.75) is 0 Å². The number of halogens is 2. The van der Waals surface area contributed by atoms with E-state index in [-0.39, 0.29) is 18.2 Å². The van der Waals surface area contributed by atoms with E-state index in [1.807, 2.05) is 0 Å². The highest BCUT2D eigenvalue weighted by Gasteiger charge is 2.16. The van der Waals surface area contributed by atoms with E-state index >= 15 is 0 Å². The van der Waals surface area contributed by atoms with Crippen LogP contribution in [-0.4, -0.2) is 44.8 Å². The largest absolute Gasteiger partial charge is 0.341 e. The number of hydrogen-bond donors (Lipinski definition) is 0. The molecule has 0 atom stereocenters. The average molecular weight is 338 g/mol. The molecule has 4 nitrogen and oxygen atoms in total. The minimum absolute atomic E-state index is 0.0987. The summed E-state index contributed by atoms with van der Waals surface area (Å²) in [6, 6.07) is 3.73. The van der Waals surface area contributed by atoms with Crippen LogP contribution >= 0.6 is 15.9 Å². The second-order valence-corrected chi connectivity index (χ2v) is 7.09. The number of hydrogen-bond acceptors (Lipinski definition) is 3. The predicted molar refractivity (Wildman–Crippen MR) is 70.8 cm³/mol. The molecule has 0 radical (unpaired) electrons. The molecule has 18 heavy (non-hydrogen) atoms. The Hall–Kier alpha value is -0.950. The Bertz CT molecular complexity index is 559. The maximum Gasteiger partial charge on any atom is 0.254 e. The lowest BCUT2D eigenvalue weighted by atomic mass is 10.2. The lowest BCUT2D eigenvalue weighted by Gasteiger charge is -2.17. The standard InChI is InChI=1S/C11H13BrFNO3S/c1-14(5-6-18(2,16)17)11(15)9-4-3-8(13)7-10(9)12/h3-4,7H,5-6H2,1-2H3. The van der Waals surface area contributed by atoms with E-state index in [9.17, 15) is 17.6 Å². The van der Waals surface area contributed by atoms with E-state index in [1.54, 1.807) is 0 Å². The zero-order valence-corrected chi connectivity index (χ0v) is 12.4. The number of rotatable bonds is 4. The van der Waals surface area contributed by atoms with Crippen LogP contribution < -0.4 is 0 Å². The van der Waals surface area contributed by atoms with E-state index in [0.29, 0.717) is 10.0 Å². The number of sulfone groups is 1. The van der Waals surface area contributed by atoms with Crippen LogP contribution in [0.2, 0.25) is 0 Å². The van der Waals surface area contributed by atoms with Gasteiger partial charge in [-0.2, -0.15) is 0 Å². The highest BCUT2D eigenvalue weighted by atomic mass is 79.9. The van der Waals surface area contributed by atoms with Gasteiger partial charge < -0.3 is 4.90 Å². The van der Waals surface area contributed by atoms with Gasteiger partial charge in [-0.25, -0.2) is 12.8 Å². The molecule has 1 aromatic rings. The highest BCUT2D eigenvalue weighted by Crippen LogP contribution is 2.19. The fraction of sp³-hybridized carbons (Fsp3) is 0.364. The van der Waals surface area contributed by atoms with Crippen LogP contribution in [0.25, 0.3) is 0 Å². The van der Waals surface area contributed by atoms with Crippen LogP contribution in [0.3, 0.4) is 0 Å². The van der Waals surface area contributed by atoms with Gasteiger partial charge >= 0.3 is 0 Å². The third-order valence-electron chi connectivity index (χ3n) is 2.31. The minimum Gasteiger partial charge on any atom is -0.341 e. The van der Waals surface area contributed by atoms with E-state index in [4.69, 9.17) is 0 Å². The first-order valence-corrected chi connectivity index (χ1v) is 7.94. The Morgan fingerprint density at radius 1 is 1.44 bits per heavy atom. The third-order valence-corrected chi connectivity index (χ3v) is 3.89. The minimum atomic E-state index is -3.12. The molecule has 0 heterocycles. The molecular weight excluding hydrogens is 325 g/mol. The number of benzene rings is 1. The normalized spacial score (nSPS) is 11.3. The molecule has 0 aliphatic heterocycles. The molecule has 0 saturated carbocycles. The Labute approximate surface area is 114 Å². The second kappa shape index (κ2) is 5.79. The maximum atomic E-state index is 12.9. The molecule has 0 bridgehead atoms. The van der Waals surface area contributed by atoms with Crippen LogP contribution in [0.1, 0.15) is 10.4 Å². The van der Waals surface area contributed by atoms with Gasteiger partial charge in [0.2, 0.25) is 0 Å². The molecule has 0 saturated heterocycles. The molecule has 1 aromatic carbocycles. The molecular formula is C11H13BrFNO3S. The quantitative estimate of drug-likeness (QED) is 0.840. The summed E-state index contributed by atoms with van der Waals surface area (Å²) >= 11 is 3.10. The Kier molecular flexibility index (Phi) is 4.86. The molecule has 0 spiro atoms. The fourth-order valence-corrected chi connectivity index (χ4v) is 2.40. The molecule has 0 fully saturated rings. The summed E-state index contributed by atoms with van der Waals surface area (Å²) in [6.45, 7) is 0.0987. The van der Waals surface area contributed by atoms with Gasteiger partial charge in [-0.05, 0) is 34.1 Å². The van der Waals surface area contributed by atoms with E-state index in [0.717, 1.165) is 6.26 Å². The molecule has 0 aliphatic carbocycles. The zero-order valence-electron chi connectivity index (χ0n) is 9.98. The van der Waals surface area contributed by atoms with Crippen LogP contribution in [0.4, 0.5) is 4.39 Å². The topological polar surface area (TPSA) is 54.5 Å². The van der Waals surface area contributed by atoms with Crippen LogP contribution in [-0.2, 0) is 9.84 Å². The van der Waals surface area contributed by atoms with Gasteiger partial charge in [-0.3, -0.25) is 4.79 Å². The van der Waals surface area contributed by atoms with Crippen molar-refractivity contribution in [3.8, 4) is 0 Å². The van der Waals surface area contributed by atoms with E-state index < -0.39 is 15.7 Å². The van der Waals surface area contributed by atoms with Gasteiger partial charge in [0.1, 0.15) is 15.7 Å². The molecule has 0 aromatic heterocycles. The number of carbonyl (C=O) groups is 1. The van der Waals surface area contributed by atoms with Crippen molar-refractivity contribution in [1.29, 1.82) is 0 Å². The van der Waals surface area contributed by atoms with Crippen molar-refractivity contribution >= 4 is 31.7 Å². The van der Waals surface area contributed by atoms with E-state index in [2.05, 4.69) is 15.9 Å². The Morgan fingerprint density at radius 2 is 2.06 bits per heavy atom. The van der Waals surface area contributed by atoms with Crippen molar-refractivity contribution in [1.82, 2.24) is 4.90 Å². The smallest absolute Gasteiger partial charge is 0.254 e. The van der Waals surface area contributed by atoms with Crippen LogP contribution in [0, 0.1) is 5.82 Å². The molecule has 1 amide bonds. The third kappa shape index (κ3) is 4.38. The van der Waals surface area contributed by atoms with Gasteiger partial charge in [0.15, 0.2) is 0 Å². The number of nitrogens with zero attached hydrogens (tertiary/aromatic N) is 1. The maximum absolute atomic E-state index is 12.9. The summed E-state index contributed by atoms with van der Waals surface area (Å²) in [5, 5.41) is 0. The number of carbonyl (C=O) groups excluding carboxylic acids is 1. The number of amides is 1. The lowest BCUT2D eigenvalue weighted by molar-refractivity contribution is 0.0802. The first-order chi connectivity index (χ1) is 8.20.